The van der Waals surface area contributed by atoms with Crippen molar-refractivity contribution >= 4 is 22.5 Å². The van der Waals surface area contributed by atoms with Crippen LogP contribution in [0.15, 0.2) is 72.8 Å². The molecule has 30 heavy (non-hydrogen) atoms. The van der Waals surface area contributed by atoms with Crippen LogP contribution in [0.25, 0.3) is 22.2 Å². The smallest absolute Gasteiger partial charge is 0.256 e. The molecule has 1 aliphatic heterocycles. The second-order valence-corrected chi connectivity index (χ2v) is 7.15. The first kappa shape index (κ1) is 18.2. The third-order valence-corrected chi connectivity index (χ3v) is 5.22. The number of amides is 1. The van der Waals surface area contributed by atoms with Crippen LogP contribution >= 0.6 is 0 Å². The molecule has 5 nitrogen and oxygen atoms in total. The minimum atomic E-state index is -0.163. The van der Waals surface area contributed by atoms with E-state index in [1.54, 1.807) is 0 Å². The Kier molecular flexibility index (Phi) is 4.56. The van der Waals surface area contributed by atoms with Crippen molar-refractivity contribution < 1.29 is 14.3 Å². The molecule has 4 aromatic rings. The van der Waals surface area contributed by atoms with E-state index in [4.69, 9.17) is 14.5 Å². The van der Waals surface area contributed by atoms with Crippen molar-refractivity contribution in [1.29, 1.82) is 0 Å². The summed E-state index contributed by atoms with van der Waals surface area (Å²) in [5, 5.41) is 3.85. The summed E-state index contributed by atoms with van der Waals surface area (Å²) in [5.41, 5.74) is 4.88. The normalized spacial score (nSPS) is 12.2. The average Bonchev–Trinajstić information content (AvgIpc) is 3.26. The summed E-state index contributed by atoms with van der Waals surface area (Å²) in [6, 6.07) is 23.1. The minimum absolute atomic E-state index is 0.163. The molecule has 0 saturated carbocycles. The summed E-state index contributed by atoms with van der Waals surface area (Å²) in [5.74, 6) is 1.24. The highest BCUT2D eigenvalue weighted by Crippen LogP contribution is 2.36. The van der Waals surface area contributed by atoms with E-state index in [1.807, 2.05) is 66.7 Å². The van der Waals surface area contributed by atoms with Crippen LogP contribution in [-0.4, -0.2) is 17.7 Å². The lowest BCUT2D eigenvalue weighted by atomic mass is 10.0. The Bertz CT molecular complexity index is 1270. The molecule has 0 radical (unpaired) electrons. The van der Waals surface area contributed by atoms with Crippen LogP contribution in [0.4, 0.5) is 5.69 Å². The Morgan fingerprint density at radius 3 is 2.73 bits per heavy atom. The molecular weight excluding hydrogens is 376 g/mol. The summed E-state index contributed by atoms with van der Waals surface area (Å²) in [6.45, 7) is 2.31. The van der Waals surface area contributed by atoms with Crippen molar-refractivity contribution in [3.63, 3.8) is 0 Å². The van der Waals surface area contributed by atoms with Gasteiger partial charge in [-0.25, -0.2) is 4.98 Å². The summed E-state index contributed by atoms with van der Waals surface area (Å²) < 4.78 is 10.9. The molecule has 5 heteroatoms. The van der Waals surface area contributed by atoms with Gasteiger partial charge in [-0.05, 0) is 54.4 Å². The predicted octanol–water partition coefficient (Wildman–Crippen LogP) is 5.45. The lowest BCUT2D eigenvalue weighted by molar-refractivity contribution is 0.102. The van der Waals surface area contributed by atoms with E-state index in [1.165, 1.54) is 5.56 Å². The fourth-order valence-electron chi connectivity index (χ4n) is 3.63. The third kappa shape index (κ3) is 3.35. The van der Waals surface area contributed by atoms with Gasteiger partial charge in [-0.2, -0.15) is 0 Å². The third-order valence-electron chi connectivity index (χ3n) is 5.22. The topological polar surface area (TPSA) is 60.5 Å². The zero-order valence-corrected chi connectivity index (χ0v) is 16.5. The highest BCUT2D eigenvalue weighted by Gasteiger charge is 2.17. The summed E-state index contributed by atoms with van der Waals surface area (Å²) in [7, 11) is 0. The molecular formula is C25H20N2O3. The number of aryl methyl sites for hydroxylation is 1. The van der Waals surface area contributed by atoms with E-state index in [-0.39, 0.29) is 12.7 Å². The Balaban J connectivity index is 1.57. The Hall–Kier alpha value is -3.86. The molecule has 0 atom stereocenters. The molecule has 1 aromatic heterocycles. The van der Waals surface area contributed by atoms with Gasteiger partial charge in [0.2, 0.25) is 6.79 Å². The SMILES string of the molecule is CCc1cccc(NC(=O)c2cc(-c3ccc4c(c3)OCO4)nc3ccccc23)c1. The monoisotopic (exact) mass is 396 g/mol. The molecule has 0 spiro atoms. The predicted molar refractivity (Wildman–Crippen MR) is 117 cm³/mol. The maximum Gasteiger partial charge on any atom is 0.256 e. The molecule has 0 bridgehead atoms. The Morgan fingerprint density at radius 1 is 0.967 bits per heavy atom. The fourth-order valence-corrected chi connectivity index (χ4v) is 3.63. The van der Waals surface area contributed by atoms with Gasteiger partial charge < -0.3 is 14.8 Å². The first-order valence-electron chi connectivity index (χ1n) is 9.91. The zero-order valence-electron chi connectivity index (χ0n) is 16.5. The van der Waals surface area contributed by atoms with Crippen molar-refractivity contribution in [3.8, 4) is 22.8 Å². The van der Waals surface area contributed by atoms with Crippen molar-refractivity contribution in [3.05, 3.63) is 83.9 Å². The summed E-state index contributed by atoms with van der Waals surface area (Å²) >= 11 is 0. The van der Waals surface area contributed by atoms with E-state index in [9.17, 15) is 4.79 Å². The second kappa shape index (κ2) is 7.52. The largest absolute Gasteiger partial charge is 0.454 e. The van der Waals surface area contributed by atoms with Crippen molar-refractivity contribution in [1.82, 2.24) is 4.98 Å². The quantitative estimate of drug-likeness (QED) is 0.499. The lowest BCUT2D eigenvalue weighted by Crippen LogP contribution is -2.13. The molecule has 3 aromatic carbocycles. The summed E-state index contributed by atoms with van der Waals surface area (Å²) in [4.78, 5) is 18.0. The van der Waals surface area contributed by atoms with Gasteiger partial charge in [0.1, 0.15) is 0 Å². The molecule has 1 N–H and O–H groups in total. The number of carbonyl (C=O) groups is 1. The molecule has 148 valence electrons. The van der Waals surface area contributed by atoms with Crippen LogP contribution in [0, 0.1) is 0 Å². The van der Waals surface area contributed by atoms with Crippen LogP contribution < -0.4 is 14.8 Å². The maximum atomic E-state index is 13.2. The number of para-hydroxylation sites is 1. The number of anilines is 1. The standard InChI is InChI=1S/C25H20N2O3/c1-2-16-6-5-7-18(12-16)26-25(28)20-14-22(27-21-9-4-3-8-19(20)21)17-10-11-23-24(13-17)30-15-29-23/h3-14H,2,15H2,1H3,(H,26,28). The van der Waals surface area contributed by atoms with Crippen molar-refractivity contribution in [2.75, 3.05) is 12.1 Å². The maximum absolute atomic E-state index is 13.2. The van der Waals surface area contributed by atoms with Gasteiger partial charge in [-0.3, -0.25) is 4.79 Å². The van der Waals surface area contributed by atoms with Crippen LogP contribution in [-0.2, 0) is 6.42 Å². The first-order chi connectivity index (χ1) is 14.7. The van der Waals surface area contributed by atoms with Gasteiger partial charge in [0, 0.05) is 16.6 Å². The Morgan fingerprint density at radius 2 is 1.83 bits per heavy atom. The van der Waals surface area contributed by atoms with Crippen LogP contribution in [0.5, 0.6) is 11.5 Å². The van der Waals surface area contributed by atoms with E-state index in [0.29, 0.717) is 22.8 Å². The van der Waals surface area contributed by atoms with Gasteiger partial charge in [-0.15, -0.1) is 0 Å². The molecule has 0 unspecified atom stereocenters. The number of hydrogen-bond donors (Lipinski definition) is 1. The van der Waals surface area contributed by atoms with Crippen molar-refractivity contribution in [2.45, 2.75) is 13.3 Å². The van der Waals surface area contributed by atoms with E-state index in [0.717, 1.165) is 28.6 Å². The summed E-state index contributed by atoms with van der Waals surface area (Å²) in [6.07, 6.45) is 0.913. The first-order valence-corrected chi connectivity index (χ1v) is 9.91. The molecule has 0 saturated heterocycles. The lowest BCUT2D eigenvalue weighted by Gasteiger charge is -2.11. The van der Waals surface area contributed by atoms with Gasteiger partial charge in [0.25, 0.3) is 5.91 Å². The number of benzene rings is 3. The second-order valence-electron chi connectivity index (χ2n) is 7.15. The van der Waals surface area contributed by atoms with Crippen LogP contribution in [0.3, 0.4) is 0 Å². The minimum Gasteiger partial charge on any atom is -0.454 e. The van der Waals surface area contributed by atoms with E-state index >= 15 is 0 Å². The number of hydrogen-bond acceptors (Lipinski definition) is 4. The van der Waals surface area contributed by atoms with Crippen LogP contribution in [0.2, 0.25) is 0 Å². The van der Waals surface area contributed by atoms with Gasteiger partial charge in [-0.1, -0.05) is 37.3 Å². The Labute approximate surface area is 174 Å². The van der Waals surface area contributed by atoms with E-state index in [2.05, 4.69) is 18.3 Å². The number of aromatic nitrogens is 1. The molecule has 5 rings (SSSR count). The molecule has 1 amide bonds. The number of rotatable bonds is 4. The van der Waals surface area contributed by atoms with Crippen LogP contribution in [0.1, 0.15) is 22.8 Å². The number of nitrogens with zero attached hydrogens (tertiary/aromatic N) is 1. The number of nitrogens with one attached hydrogen (secondary N) is 1. The highest BCUT2D eigenvalue weighted by atomic mass is 16.7. The molecule has 0 fully saturated rings. The highest BCUT2D eigenvalue weighted by molar-refractivity contribution is 6.13. The fraction of sp³-hybridized carbons (Fsp3) is 0.120. The molecule has 2 heterocycles. The van der Waals surface area contributed by atoms with Gasteiger partial charge in [0.15, 0.2) is 11.5 Å². The van der Waals surface area contributed by atoms with Crippen molar-refractivity contribution in [2.24, 2.45) is 0 Å². The van der Waals surface area contributed by atoms with Gasteiger partial charge in [0.05, 0.1) is 16.8 Å². The molecule has 1 aliphatic rings. The number of fused-ring (bicyclic) bond motifs is 2. The zero-order chi connectivity index (χ0) is 20.5. The van der Waals surface area contributed by atoms with Gasteiger partial charge >= 0.3 is 0 Å². The number of carbonyl (C=O) groups excluding carboxylic acids is 1. The molecule has 0 aliphatic carbocycles. The number of pyridine rings is 1. The average molecular weight is 396 g/mol. The number of ether oxygens (including phenoxy) is 2. The van der Waals surface area contributed by atoms with E-state index < -0.39 is 0 Å².